The van der Waals surface area contributed by atoms with Crippen LogP contribution in [0.4, 0.5) is 0 Å². The van der Waals surface area contributed by atoms with E-state index in [1.807, 2.05) is 0 Å². The molecule has 0 aromatic heterocycles. The van der Waals surface area contributed by atoms with Crippen LogP contribution in [0.1, 0.15) is 13.3 Å². The number of ether oxygens (including phenoxy) is 1. The zero-order chi connectivity index (χ0) is 13.3. The number of hydrogen-bond acceptors (Lipinski definition) is 4. The minimum absolute atomic E-state index is 0.00782. The van der Waals surface area contributed by atoms with Crippen molar-refractivity contribution in [1.29, 1.82) is 0 Å². The summed E-state index contributed by atoms with van der Waals surface area (Å²) in [6.45, 7) is 3.21. The van der Waals surface area contributed by atoms with Gasteiger partial charge < -0.3 is 9.64 Å². The van der Waals surface area contributed by atoms with Gasteiger partial charge in [-0.15, -0.1) is 0 Å². The third-order valence-electron chi connectivity index (χ3n) is 3.66. The van der Waals surface area contributed by atoms with Gasteiger partial charge in [0.05, 0.1) is 25.0 Å². The first-order chi connectivity index (χ1) is 8.60. The quantitative estimate of drug-likeness (QED) is 0.634. The van der Waals surface area contributed by atoms with E-state index in [1.54, 1.807) is 11.8 Å². The molecule has 2 saturated heterocycles. The molecular formula is C12H18N2O4. The van der Waals surface area contributed by atoms with Crippen molar-refractivity contribution in [2.75, 3.05) is 33.4 Å². The van der Waals surface area contributed by atoms with Gasteiger partial charge in [0.25, 0.3) is 0 Å². The monoisotopic (exact) mass is 254 g/mol. The Bertz CT molecular complexity index is 358. The number of methoxy groups -OCH3 is 1. The van der Waals surface area contributed by atoms with Crippen molar-refractivity contribution < 1.29 is 19.1 Å². The fourth-order valence-corrected chi connectivity index (χ4v) is 2.64. The molecule has 6 nitrogen and oxygen atoms in total. The predicted octanol–water partition coefficient (Wildman–Crippen LogP) is -0.514. The Hall–Kier alpha value is -1.43. The van der Waals surface area contributed by atoms with Gasteiger partial charge in [0.2, 0.25) is 17.7 Å². The highest BCUT2D eigenvalue weighted by atomic mass is 16.5. The molecule has 18 heavy (non-hydrogen) atoms. The van der Waals surface area contributed by atoms with Gasteiger partial charge in [0, 0.05) is 26.6 Å². The first-order valence-electron chi connectivity index (χ1n) is 6.22. The predicted molar refractivity (Wildman–Crippen MR) is 62.4 cm³/mol. The molecule has 2 heterocycles. The summed E-state index contributed by atoms with van der Waals surface area (Å²) >= 11 is 0. The summed E-state index contributed by atoms with van der Waals surface area (Å²) in [5.74, 6) is -0.995. The fourth-order valence-electron chi connectivity index (χ4n) is 2.64. The number of carbonyl (C=O) groups is 3. The Balaban J connectivity index is 2.04. The van der Waals surface area contributed by atoms with Gasteiger partial charge in [0.15, 0.2) is 0 Å². The molecule has 2 atom stereocenters. The molecule has 2 rings (SSSR count). The first-order valence-corrected chi connectivity index (χ1v) is 6.22. The largest absolute Gasteiger partial charge is 0.383 e. The number of fused-ring (bicyclic) bond motifs is 1. The molecule has 0 spiro atoms. The molecule has 2 aliphatic heterocycles. The average molecular weight is 254 g/mol. The lowest BCUT2D eigenvalue weighted by atomic mass is 10.00. The highest BCUT2D eigenvalue weighted by Crippen LogP contribution is 2.33. The molecule has 0 saturated carbocycles. The third kappa shape index (κ3) is 2.01. The van der Waals surface area contributed by atoms with Crippen LogP contribution in [-0.4, -0.2) is 60.9 Å². The summed E-state index contributed by atoms with van der Waals surface area (Å²) < 4.78 is 4.89. The Kier molecular flexibility index (Phi) is 3.65. The summed E-state index contributed by atoms with van der Waals surface area (Å²) in [5, 5.41) is 0. The highest BCUT2D eigenvalue weighted by molar-refractivity contribution is 6.06. The molecule has 2 aliphatic rings. The van der Waals surface area contributed by atoms with E-state index in [9.17, 15) is 14.4 Å². The van der Waals surface area contributed by atoms with E-state index < -0.39 is 0 Å². The molecule has 2 fully saturated rings. The molecule has 0 bridgehead atoms. The highest BCUT2D eigenvalue weighted by Gasteiger charge is 2.52. The van der Waals surface area contributed by atoms with Crippen LogP contribution in [0.3, 0.4) is 0 Å². The van der Waals surface area contributed by atoms with E-state index in [0.29, 0.717) is 32.7 Å². The van der Waals surface area contributed by atoms with Crippen LogP contribution in [0.5, 0.6) is 0 Å². The van der Waals surface area contributed by atoms with Crippen LogP contribution in [0.25, 0.3) is 0 Å². The van der Waals surface area contributed by atoms with Gasteiger partial charge in [0.1, 0.15) is 0 Å². The summed E-state index contributed by atoms with van der Waals surface area (Å²) in [6, 6.07) is 0. The molecule has 0 N–H and O–H groups in total. The Morgan fingerprint density at radius 3 is 2.28 bits per heavy atom. The summed E-state index contributed by atoms with van der Waals surface area (Å²) in [7, 11) is 1.54. The lowest BCUT2D eigenvalue weighted by Crippen LogP contribution is -2.39. The zero-order valence-electron chi connectivity index (χ0n) is 10.7. The van der Waals surface area contributed by atoms with E-state index in [-0.39, 0.29) is 29.6 Å². The minimum atomic E-state index is -0.343. The molecular weight excluding hydrogens is 236 g/mol. The number of amides is 3. The van der Waals surface area contributed by atoms with Crippen molar-refractivity contribution in [3.8, 4) is 0 Å². The molecule has 6 heteroatoms. The average Bonchev–Trinajstić information content (AvgIpc) is 2.89. The summed E-state index contributed by atoms with van der Waals surface area (Å²) in [6.07, 6.45) is 0.412. The van der Waals surface area contributed by atoms with Gasteiger partial charge >= 0.3 is 0 Å². The van der Waals surface area contributed by atoms with Gasteiger partial charge in [-0.05, 0) is 0 Å². The van der Waals surface area contributed by atoms with Gasteiger partial charge in [-0.25, -0.2) is 0 Å². The van der Waals surface area contributed by atoms with Gasteiger partial charge in [-0.3, -0.25) is 19.3 Å². The number of carbonyl (C=O) groups excluding carboxylic acids is 3. The van der Waals surface area contributed by atoms with Crippen molar-refractivity contribution >= 4 is 17.7 Å². The van der Waals surface area contributed by atoms with Crippen LogP contribution in [0.15, 0.2) is 0 Å². The summed E-state index contributed by atoms with van der Waals surface area (Å²) in [4.78, 5) is 38.6. The van der Waals surface area contributed by atoms with E-state index >= 15 is 0 Å². The second-order valence-corrected chi connectivity index (χ2v) is 4.69. The van der Waals surface area contributed by atoms with Crippen molar-refractivity contribution in [2.24, 2.45) is 11.8 Å². The third-order valence-corrected chi connectivity index (χ3v) is 3.66. The van der Waals surface area contributed by atoms with Crippen molar-refractivity contribution in [3.05, 3.63) is 0 Å². The topological polar surface area (TPSA) is 66.9 Å². The second kappa shape index (κ2) is 5.06. The maximum absolute atomic E-state index is 12.1. The maximum Gasteiger partial charge on any atom is 0.235 e. The lowest BCUT2D eigenvalue weighted by molar-refractivity contribution is -0.141. The van der Waals surface area contributed by atoms with Crippen molar-refractivity contribution in [2.45, 2.75) is 13.3 Å². The van der Waals surface area contributed by atoms with E-state index in [4.69, 9.17) is 4.74 Å². The van der Waals surface area contributed by atoms with Crippen LogP contribution in [-0.2, 0) is 19.1 Å². The minimum Gasteiger partial charge on any atom is -0.383 e. The number of imide groups is 1. The molecule has 0 unspecified atom stereocenters. The van der Waals surface area contributed by atoms with E-state index in [2.05, 4.69) is 0 Å². The van der Waals surface area contributed by atoms with E-state index in [1.165, 1.54) is 12.0 Å². The maximum atomic E-state index is 12.1. The molecule has 3 amide bonds. The normalized spacial score (nSPS) is 27.0. The molecule has 0 aliphatic carbocycles. The summed E-state index contributed by atoms with van der Waals surface area (Å²) in [5.41, 5.74) is 0. The number of nitrogens with zero attached hydrogens (tertiary/aromatic N) is 2. The number of rotatable bonds is 4. The zero-order valence-corrected chi connectivity index (χ0v) is 10.7. The van der Waals surface area contributed by atoms with Gasteiger partial charge in [-0.1, -0.05) is 6.92 Å². The second-order valence-electron chi connectivity index (χ2n) is 4.69. The van der Waals surface area contributed by atoms with Crippen LogP contribution >= 0.6 is 0 Å². The van der Waals surface area contributed by atoms with Crippen LogP contribution < -0.4 is 0 Å². The Morgan fingerprint density at radius 2 is 1.83 bits per heavy atom. The standard InChI is InChI=1S/C12H18N2O4/c1-3-10(15)13-6-8-9(7-13)12(17)14(11(8)16)4-5-18-2/h8-9H,3-7H2,1-2H3/t8-,9+. The molecule has 0 aromatic rings. The number of likely N-dealkylation sites (tertiary alicyclic amines) is 2. The Labute approximate surface area is 106 Å². The first kappa shape index (κ1) is 13.0. The van der Waals surface area contributed by atoms with E-state index in [0.717, 1.165) is 0 Å². The van der Waals surface area contributed by atoms with Crippen LogP contribution in [0.2, 0.25) is 0 Å². The van der Waals surface area contributed by atoms with Crippen LogP contribution in [0, 0.1) is 11.8 Å². The van der Waals surface area contributed by atoms with Crippen molar-refractivity contribution in [1.82, 2.24) is 9.80 Å². The molecule has 0 radical (unpaired) electrons. The Morgan fingerprint density at radius 1 is 1.28 bits per heavy atom. The van der Waals surface area contributed by atoms with Gasteiger partial charge in [-0.2, -0.15) is 0 Å². The molecule has 100 valence electrons. The smallest absolute Gasteiger partial charge is 0.235 e. The fraction of sp³-hybridized carbons (Fsp3) is 0.750. The molecule has 0 aromatic carbocycles. The van der Waals surface area contributed by atoms with Crippen molar-refractivity contribution in [3.63, 3.8) is 0 Å². The number of hydrogen-bond donors (Lipinski definition) is 0. The SMILES string of the molecule is CCC(=O)N1C[C@@H]2C(=O)N(CCOC)C(=O)[C@@H]2C1. The lowest BCUT2D eigenvalue weighted by Gasteiger charge is -2.20.